The maximum Gasteiger partial charge on any atom is 0.254 e. The summed E-state index contributed by atoms with van der Waals surface area (Å²) < 4.78 is 14.6. The van der Waals surface area contributed by atoms with Crippen molar-refractivity contribution in [2.24, 2.45) is 0 Å². The molecule has 1 atom stereocenters. The molecule has 0 spiro atoms. The zero-order valence-electron chi connectivity index (χ0n) is 14.1. The molecule has 7 heteroatoms. The number of benzene rings is 1. The third-order valence-electron chi connectivity index (χ3n) is 4.35. The van der Waals surface area contributed by atoms with Crippen LogP contribution in [0.25, 0.3) is 0 Å². The van der Waals surface area contributed by atoms with Crippen molar-refractivity contribution in [2.75, 3.05) is 13.1 Å². The summed E-state index contributed by atoms with van der Waals surface area (Å²) in [6.07, 6.45) is 4.19. The molecule has 6 nitrogen and oxygen atoms in total. The molecule has 1 aromatic heterocycles. The van der Waals surface area contributed by atoms with E-state index in [1.54, 1.807) is 27.9 Å². The first-order chi connectivity index (χ1) is 12.0. The minimum atomic E-state index is -0.268. The number of nitrogens with zero attached hydrogens (tertiary/aromatic N) is 3. The quantitative estimate of drug-likeness (QED) is 0.866. The number of likely N-dealkylation sites (tertiary alicyclic amines) is 1. The van der Waals surface area contributed by atoms with Gasteiger partial charge >= 0.3 is 0 Å². The monoisotopic (exact) mass is 344 g/mol. The van der Waals surface area contributed by atoms with E-state index in [1.165, 1.54) is 18.3 Å². The third kappa shape index (κ3) is 4.23. The van der Waals surface area contributed by atoms with Crippen molar-refractivity contribution in [1.82, 2.24) is 20.0 Å². The van der Waals surface area contributed by atoms with Crippen molar-refractivity contribution in [1.29, 1.82) is 0 Å². The summed E-state index contributed by atoms with van der Waals surface area (Å²) in [5, 5.41) is 6.98. The predicted molar refractivity (Wildman–Crippen MR) is 90.5 cm³/mol. The number of nitrogens with one attached hydrogen (secondary N) is 1. The molecule has 0 bridgehead atoms. The van der Waals surface area contributed by atoms with E-state index < -0.39 is 0 Å². The van der Waals surface area contributed by atoms with Crippen molar-refractivity contribution in [2.45, 2.75) is 32.4 Å². The van der Waals surface area contributed by atoms with Crippen LogP contribution in [0.15, 0.2) is 36.7 Å². The Morgan fingerprint density at radius 2 is 2.12 bits per heavy atom. The van der Waals surface area contributed by atoms with Crippen LogP contribution in [0.2, 0.25) is 0 Å². The fraction of sp³-hybridized carbons (Fsp3) is 0.389. The van der Waals surface area contributed by atoms with Gasteiger partial charge in [-0.3, -0.25) is 14.3 Å². The van der Waals surface area contributed by atoms with E-state index in [1.807, 2.05) is 6.92 Å². The second kappa shape index (κ2) is 7.46. The number of halogens is 1. The van der Waals surface area contributed by atoms with Crippen LogP contribution >= 0.6 is 0 Å². The average molecular weight is 344 g/mol. The van der Waals surface area contributed by atoms with Crippen molar-refractivity contribution in [3.05, 3.63) is 53.6 Å². The van der Waals surface area contributed by atoms with Gasteiger partial charge in [-0.05, 0) is 31.0 Å². The van der Waals surface area contributed by atoms with Gasteiger partial charge in [0.1, 0.15) is 5.82 Å². The van der Waals surface area contributed by atoms with E-state index >= 15 is 0 Å². The van der Waals surface area contributed by atoms with Gasteiger partial charge in [0.25, 0.3) is 5.91 Å². The Labute approximate surface area is 145 Å². The smallest absolute Gasteiger partial charge is 0.254 e. The minimum Gasteiger partial charge on any atom is -0.347 e. The Bertz CT molecular complexity index is 757. The fourth-order valence-corrected chi connectivity index (χ4v) is 2.92. The highest BCUT2D eigenvalue weighted by molar-refractivity contribution is 5.94. The number of carbonyl (C=O) groups excluding carboxylic acids is 2. The van der Waals surface area contributed by atoms with Gasteiger partial charge in [0.2, 0.25) is 5.91 Å². The van der Waals surface area contributed by atoms with Crippen LogP contribution in [0.5, 0.6) is 0 Å². The van der Waals surface area contributed by atoms with Gasteiger partial charge in [-0.1, -0.05) is 12.1 Å². The third-order valence-corrected chi connectivity index (χ3v) is 4.35. The van der Waals surface area contributed by atoms with Gasteiger partial charge in [-0.25, -0.2) is 4.39 Å². The molecule has 1 aromatic carbocycles. The molecule has 1 unspecified atom stereocenters. The molecule has 2 amide bonds. The van der Waals surface area contributed by atoms with Gasteiger partial charge in [-0.2, -0.15) is 5.10 Å². The fourth-order valence-electron chi connectivity index (χ4n) is 2.92. The summed E-state index contributed by atoms with van der Waals surface area (Å²) in [5.41, 5.74) is 1.48. The minimum absolute atomic E-state index is 0.0247. The summed E-state index contributed by atoms with van der Waals surface area (Å²) in [4.78, 5) is 26.1. The van der Waals surface area contributed by atoms with Gasteiger partial charge in [0.15, 0.2) is 0 Å². The van der Waals surface area contributed by atoms with E-state index in [-0.39, 0.29) is 23.7 Å². The van der Waals surface area contributed by atoms with Crippen LogP contribution in [-0.2, 0) is 17.8 Å². The zero-order chi connectivity index (χ0) is 17.8. The summed E-state index contributed by atoms with van der Waals surface area (Å²) in [6.45, 7) is 3.70. The Hall–Kier alpha value is -2.70. The Morgan fingerprint density at radius 3 is 2.80 bits per heavy atom. The van der Waals surface area contributed by atoms with Crippen molar-refractivity contribution in [3.63, 3.8) is 0 Å². The van der Waals surface area contributed by atoms with Gasteiger partial charge < -0.3 is 10.2 Å². The standard InChI is InChI=1S/C18H21FN4O2/c1-2-23-11-14(10-20-23)18(25)21-16-9-17(24)22(12-16)8-7-13-3-5-15(19)6-4-13/h3-6,10-11,16H,2,7-9,12H2,1H3,(H,21,25). The normalized spacial score (nSPS) is 17.1. The molecule has 25 heavy (non-hydrogen) atoms. The Morgan fingerprint density at radius 1 is 1.36 bits per heavy atom. The molecule has 2 heterocycles. The Kier molecular flexibility index (Phi) is 5.11. The molecule has 1 saturated heterocycles. The van der Waals surface area contributed by atoms with Crippen LogP contribution in [-0.4, -0.2) is 45.6 Å². The van der Waals surface area contributed by atoms with E-state index in [9.17, 15) is 14.0 Å². The molecular weight excluding hydrogens is 323 g/mol. The lowest BCUT2D eigenvalue weighted by atomic mass is 10.1. The van der Waals surface area contributed by atoms with Crippen LogP contribution in [0.4, 0.5) is 4.39 Å². The van der Waals surface area contributed by atoms with E-state index in [0.717, 1.165) is 5.56 Å². The van der Waals surface area contributed by atoms with Crippen LogP contribution < -0.4 is 5.32 Å². The molecule has 132 valence electrons. The highest BCUT2D eigenvalue weighted by Gasteiger charge is 2.30. The second-order valence-corrected chi connectivity index (χ2v) is 6.18. The first-order valence-corrected chi connectivity index (χ1v) is 8.40. The van der Waals surface area contributed by atoms with Crippen LogP contribution in [0.1, 0.15) is 29.3 Å². The molecule has 0 saturated carbocycles. The molecule has 0 aliphatic carbocycles. The Balaban J connectivity index is 1.51. The molecule has 1 fully saturated rings. The molecule has 2 aromatic rings. The first kappa shape index (κ1) is 17.1. The van der Waals surface area contributed by atoms with E-state index in [0.29, 0.717) is 38.0 Å². The van der Waals surface area contributed by atoms with Gasteiger partial charge in [0.05, 0.1) is 17.8 Å². The number of aryl methyl sites for hydroxylation is 1. The summed E-state index contributed by atoms with van der Waals surface area (Å²) in [5.74, 6) is -0.454. The lowest BCUT2D eigenvalue weighted by molar-refractivity contribution is -0.127. The highest BCUT2D eigenvalue weighted by Crippen LogP contribution is 2.13. The average Bonchev–Trinajstić information content (AvgIpc) is 3.21. The SMILES string of the molecule is CCn1cc(C(=O)NC2CC(=O)N(CCc3ccc(F)cc3)C2)cn1. The molecule has 0 radical (unpaired) electrons. The maximum absolute atomic E-state index is 12.9. The van der Waals surface area contributed by atoms with Crippen molar-refractivity contribution in [3.8, 4) is 0 Å². The topological polar surface area (TPSA) is 67.2 Å². The lowest BCUT2D eigenvalue weighted by Gasteiger charge is -2.17. The summed E-state index contributed by atoms with van der Waals surface area (Å²) >= 11 is 0. The number of rotatable bonds is 6. The highest BCUT2D eigenvalue weighted by atomic mass is 19.1. The number of hydrogen-bond acceptors (Lipinski definition) is 3. The molecule has 1 N–H and O–H groups in total. The number of hydrogen-bond donors (Lipinski definition) is 1. The maximum atomic E-state index is 12.9. The molecule has 1 aliphatic rings. The van der Waals surface area contributed by atoms with Crippen LogP contribution in [0.3, 0.4) is 0 Å². The molecule has 3 rings (SSSR count). The largest absolute Gasteiger partial charge is 0.347 e. The summed E-state index contributed by atoms with van der Waals surface area (Å²) in [6, 6.07) is 6.08. The van der Waals surface area contributed by atoms with Crippen molar-refractivity contribution < 1.29 is 14.0 Å². The van der Waals surface area contributed by atoms with E-state index in [4.69, 9.17) is 0 Å². The number of carbonyl (C=O) groups is 2. The van der Waals surface area contributed by atoms with Gasteiger partial charge in [-0.15, -0.1) is 0 Å². The van der Waals surface area contributed by atoms with Crippen LogP contribution in [0, 0.1) is 5.82 Å². The second-order valence-electron chi connectivity index (χ2n) is 6.18. The van der Waals surface area contributed by atoms with E-state index in [2.05, 4.69) is 10.4 Å². The zero-order valence-corrected chi connectivity index (χ0v) is 14.1. The molecular formula is C18H21FN4O2. The first-order valence-electron chi connectivity index (χ1n) is 8.40. The number of amides is 2. The number of aromatic nitrogens is 2. The summed E-state index contributed by atoms with van der Waals surface area (Å²) in [7, 11) is 0. The van der Waals surface area contributed by atoms with Crippen molar-refractivity contribution >= 4 is 11.8 Å². The predicted octanol–water partition coefficient (Wildman–Crippen LogP) is 1.62. The van der Waals surface area contributed by atoms with Gasteiger partial charge in [0, 0.05) is 32.3 Å². The molecule has 1 aliphatic heterocycles. The lowest BCUT2D eigenvalue weighted by Crippen LogP contribution is -2.37.